The molecule has 0 bridgehead atoms. The van der Waals surface area contributed by atoms with E-state index in [1.807, 2.05) is 6.07 Å². The van der Waals surface area contributed by atoms with E-state index in [1.165, 1.54) is 6.42 Å². The highest BCUT2D eigenvalue weighted by molar-refractivity contribution is 5.63. The van der Waals surface area contributed by atoms with E-state index in [4.69, 9.17) is 13.9 Å². The summed E-state index contributed by atoms with van der Waals surface area (Å²) in [7, 11) is 3.17. The fraction of sp³-hybridized carbons (Fsp3) is 0.412. The largest absolute Gasteiger partial charge is 0.493 e. The molecule has 1 aromatic carbocycles. The van der Waals surface area contributed by atoms with Crippen LogP contribution in [0.15, 0.2) is 22.6 Å². The molecule has 0 N–H and O–H groups in total. The number of aromatic nitrogens is 1. The number of anilines is 1. The number of hydrogen-bond acceptors (Lipinski definition) is 6. The Morgan fingerprint density at radius 1 is 1.13 bits per heavy atom. The molecular formula is C17H19N3O3. The van der Waals surface area contributed by atoms with Crippen molar-refractivity contribution in [2.45, 2.75) is 19.3 Å². The van der Waals surface area contributed by atoms with Crippen molar-refractivity contribution in [3.8, 4) is 29.0 Å². The van der Waals surface area contributed by atoms with Gasteiger partial charge >= 0.3 is 0 Å². The molecule has 120 valence electrons. The Morgan fingerprint density at radius 3 is 2.52 bits per heavy atom. The van der Waals surface area contributed by atoms with Crippen molar-refractivity contribution in [1.82, 2.24) is 4.98 Å². The van der Waals surface area contributed by atoms with Gasteiger partial charge < -0.3 is 18.8 Å². The monoisotopic (exact) mass is 313 g/mol. The smallest absolute Gasteiger partial charge is 0.235 e. The summed E-state index contributed by atoms with van der Waals surface area (Å²) in [6, 6.07) is 7.57. The van der Waals surface area contributed by atoms with Gasteiger partial charge in [-0.25, -0.2) is 0 Å². The molecule has 0 atom stereocenters. The minimum atomic E-state index is 0.330. The molecule has 0 aliphatic carbocycles. The van der Waals surface area contributed by atoms with Crippen molar-refractivity contribution in [1.29, 1.82) is 5.26 Å². The number of rotatable bonds is 4. The predicted molar refractivity (Wildman–Crippen MR) is 85.8 cm³/mol. The van der Waals surface area contributed by atoms with E-state index in [-0.39, 0.29) is 0 Å². The molecule has 6 nitrogen and oxygen atoms in total. The van der Waals surface area contributed by atoms with Crippen LogP contribution in [0.5, 0.6) is 11.5 Å². The highest BCUT2D eigenvalue weighted by Crippen LogP contribution is 2.35. The maximum atomic E-state index is 9.35. The molecule has 1 saturated heterocycles. The summed E-state index contributed by atoms with van der Waals surface area (Å²) in [5, 5.41) is 9.35. The van der Waals surface area contributed by atoms with E-state index >= 15 is 0 Å². The van der Waals surface area contributed by atoms with Crippen LogP contribution in [0.4, 0.5) is 5.88 Å². The van der Waals surface area contributed by atoms with Gasteiger partial charge in [0.2, 0.25) is 17.5 Å². The van der Waals surface area contributed by atoms with Crippen LogP contribution >= 0.6 is 0 Å². The highest BCUT2D eigenvalue weighted by atomic mass is 16.5. The van der Waals surface area contributed by atoms with Gasteiger partial charge in [0.15, 0.2) is 11.5 Å². The standard InChI is InChI=1S/C17H19N3O3/c1-21-14-7-6-12(10-15(14)22-2)16-19-13(11-18)17(23-16)20-8-4-3-5-9-20/h6-7,10H,3-5,8-9H2,1-2H3. The lowest BCUT2D eigenvalue weighted by molar-refractivity contribution is 0.355. The predicted octanol–water partition coefficient (Wildman–Crippen LogP) is 3.22. The lowest BCUT2D eigenvalue weighted by atomic mass is 10.1. The van der Waals surface area contributed by atoms with Crippen LogP contribution in [0.25, 0.3) is 11.5 Å². The third kappa shape index (κ3) is 2.95. The minimum absolute atomic E-state index is 0.330. The third-order valence-corrected chi connectivity index (χ3v) is 3.99. The Balaban J connectivity index is 1.97. The van der Waals surface area contributed by atoms with Crippen LogP contribution in [0.2, 0.25) is 0 Å². The van der Waals surface area contributed by atoms with Crippen molar-refractivity contribution >= 4 is 5.88 Å². The maximum Gasteiger partial charge on any atom is 0.235 e. The molecular weight excluding hydrogens is 294 g/mol. The van der Waals surface area contributed by atoms with Crippen LogP contribution in [-0.4, -0.2) is 32.3 Å². The van der Waals surface area contributed by atoms with E-state index in [0.29, 0.717) is 29.0 Å². The molecule has 1 aliphatic heterocycles. The molecule has 1 aromatic heterocycles. The van der Waals surface area contributed by atoms with Crippen LogP contribution in [0, 0.1) is 11.3 Å². The van der Waals surface area contributed by atoms with Gasteiger partial charge in [0, 0.05) is 18.7 Å². The van der Waals surface area contributed by atoms with E-state index < -0.39 is 0 Å². The van der Waals surface area contributed by atoms with Crippen LogP contribution in [-0.2, 0) is 0 Å². The number of piperidine rings is 1. The summed E-state index contributed by atoms with van der Waals surface area (Å²) in [4.78, 5) is 6.44. The Labute approximate surface area is 135 Å². The lowest BCUT2D eigenvalue weighted by Gasteiger charge is -2.25. The molecule has 0 spiro atoms. The number of methoxy groups -OCH3 is 2. The lowest BCUT2D eigenvalue weighted by Crippen LogP contribution is -2.29. The number of hydrogen-bond donors (Lipinski definition) is 0. The summed E-state index contributed by atoms with van der Waals surface area (Å²) in [5.41, 5.74) is 1.08. The van der Waals surface area contributed by atoms with Crippen LogP contribution < -0.4 is 14.4 Å². The molecule has 3 rings (SSSR count). The van der Waals surface area contributed by atoms with Gasteiger partial charge in [0.1, 0.15) is 6.07 Å². The Bertz CT molecular complexity index is 727. The first-order valence-electron chi connectivity index (χ1n) is 7.65. The zero-order chi connectivity index (χ0) is 16.2. The molecule has 0 unspecified atom stereocenters. The molecule has 6 heteroatoms. The summed E-state index contributed by atoms with van der Waals surface area (Å²) in [6.45, 7) is 1.80. The molecule has 23 heavy (non-hydrogen) atoms. The fourth-order valence-electron chi connectivity index (χ4n) is 2.79. The number of nitriles is 1. The SMILES string of the molecule is COc1ccc(-c2nc(C#N)c(N3CCCCC3)o2)cc1OC. The Morgan fingerprint density at radius 2 is 1.87 bits per heavy atom. The zero-order valence-corrected chi connectivity index (χ0v) is 13.3. The van der Waals surface area contributed by atoms with Gasteiger partial charge in [-0.05, 0) is 37.5 Å². The van der Waals surface area contributed by atoms with Crippen molar-refractivity contribution in [3.05, 3.63) is 23.9 Å². The number of oxazole rings is 1. The second-order valence-electron chi connectivity index (χ2n) is 5.40. The first-order valence-corrected chi connectivity index (χ1v) is 7.65. The maximum absolute atomic E-state index is 9.35. The van der Waals surface area contributed by atoms with E-state index in [1.54, 1.807) is 26.4 Å². The average molecular weight is 313 g/mol. The van der Waals surface area contributed by atoms with Gasteiger partial charge in [-0.15, -0.1) is 0 Å². The van der Waals surface area contributed by atoms with Gasteiger partial charge in [0.05, 0.1) is 14.2 Å². The zero-order valence-electron chi connectivity index (χ0n) is 13.3. The van der Waals surface area contributed by atoms with Crippen LogP contribution in [0.3, 0.4) is 0 Å². The van der Waals surface area contributed by atoms with E-state index in [9.17, 15) is 5.26 Å². The molecule has 2 aromatic rings. The molecule has 2 heterocycles. The minimum Gasteiger partial charge on any atom is -0.493 e. The molecule has 1 aliphatic rings. The van der Waals surface area contributed by atoms with E-state index in [2.05, 4.69) is 16.0 Å². The van der Waals surface area contributed by atoms with Crippen molar-refractivity contribution in [3.63, 3.8) is 0 Å². The van der Waals surface area contributed by atoms with Crippen LogP contribution in [0.1, 0.15) is 25.0 Å². The Hall–Kier alpha value is -2.68. The first kappa shape index (κ1) is 15.2. The quantitative estimate of drug-likeness (QED) is 0.863. The summed E-state index contributed by atoms with van der Waals surface area (Å²) < 4.78 is 16.4. The van der Waals surface area contributed by atoms with E-state index in [0.717, 1.165) is 31.5 Å². The topological polar surface area (TPSA) is 71.5 Å². The third-order valence-electron chi connectivity index (χ3n) is 3.99. The first-order chi connectivity index (χ1) is 11.3. The summed E-state index contributed by atoms with van der Waals surface area (Å²) >= 11 is 0. The summed E-state index contributed by atoms with van der Waals surface area (Å²) in [6.07, 6.45) is 3.43. The number of nitrogens with zero attached hydrogens (tertiary/aromatic N) is 3. The molecule has 0 amide bonds. The normalized spacial score (nSPS) is 14.4. The van der Waals surface area contributed by atoms with Crippen molar-refractivity contribution < 1.29 is 13.9 Å². The van der Waals surface area contributed by atoms with Crippen molar-refractivity contribution in [2.75, 3.05) is 32.2 Å². The fourth-order valence-corrected chi connectivity index (χ4v) is 2.79. The summed E-state index contributed by atoms with van der Waals surface area (Å²) in [5.74, 6) is 2.22. The Kier molecular flexibility index (Phi) is 4.38. The highest BCUT2D eigenvalue weighted by Gasteiger charge is 2.22. The number of benzene rings is 1. The molecule has 0 radical (unpaired) electrons. The van der Waals surface area contributed by atoms with Gasteiger partial charge in [-0.2, -0.15) is 10.2 Å². The second kappa shape index (κ2) is 6.61. The van der Waals surface area contributed by atoms with Gasteiger partial charge in [0.25, 0.3) is 0 Å². The second-order valence-corrected chi connectivity index (χ2v) is 5.40. The molecule has 0 saturated carbocycles. The average Bonchev–Trinajstić information content (AvgIpc) is 3.06. The number of ether oxygens (including phenoxy) is 2. The van der Waals surface area contributed by atoms with Crippen molar-refractivity contribution in [2.24, 2.45) is 0 Å². The van der Waals surface area contributed by atoms with Gasteiger partial charge in [-0.3, -0.25) is 0 Å². The van der Waals surface area contributed by atoms with Gasteiger partial charge in [-0.1, -0.05) is 0 Å². The molecule has 1 fully saturated rings.